The Morgan fingerprint density at radius 3 is 2.23 bits per heavy atom. The van der Waals surface area contributed by atoms with Gasteiger partial charge in [0.2, 0.25) is 0 Å². The molecule has 0 radical (unpaired) electrons. The first-order chi connectivity index (χ1) is 6.10. The topological polar surface area (TPSA) is 57.9 Å². The fourth-order valence-corrected chi connectivity index (χ4v) is 3.25. The Balaban J connectivity index is 2.56. The lowest BCUT2D eigenvalue weighted by atomic mass is 9.90. The van der Waals surface area contributed by atoms with E-state index >= 15 is 0 Å². The Morgan fingerprint density at radius 1 is 1.31 bits per heavy atom. The van der Waals surface area contributed by atoms with Gasteiger partial charge in [0, 0.05) is 11.7 Å². The molecule has 0 aliphatic heterocycles. The van der Waals surface area contributed by atoms with E-state index in [1.165, 1.54) is 0 Å². The highest BCUT2D eigenvalue weighted by molar-refractivity contribution is 7.92. The fourth-order valence-electron chi connectivity index (χ4n) is 1.79. The van der Waals surface area contributed by atoms with Crippen molar-refractivity contribution < 1.29 is 8.42 Å². The zero-order valence-electron chi connectivity index (χ0n) is 7.86. The Hall–Kier alpha value is -0.560. The molecule has 0 spiro atoms. The minimum Gasteiger partial charge on any atom is -0.229 e. The molecule has 0 heterocycles. The van der Waals surface area contributed by atoms with Crippen LogP contribution in [-0.2, 0) is 9.84 Å². The summed E-state index contributed by atoms with van der Waals surface area (Å²) in [5.74, 6) is 0.317. The van der Waals surface area contributed by atoms with Crippen molar-refractivity contribution in [2.75, 3.05) is 5.75 Å². The second-order valence-electron chi connectivity index (χ2n) is 3.55. The van der Waals surface area contributed by atoms with Gasteiger partial charge in [0.05, 0.1) is 11.3 Å². The highest BCUT2D eigenvalue weighted by atomic mass is 32.2. The van der Waals surface area contributed by atoms with Crippen LogP contribution in [-0.4, -0.2) is 19.4 Å². The monoisotopic (exact) mass is 201 g/mol. The SMILES string of the molecule is CCS(=O)(=O)[C@H]1CC[C@H](C#N)CC1. The van der Waals surface area contributed by atoms with Crippen molar-refractivity contribution in [1.29, 1.82) is 5.26 Å². The van der Waals surface area contributed by atoms with Crippen molar-refractivity contribution >= 4 is 9.84 Å². The van der Waals surface area contributed by atoms with Crippen LogP contribution in [0, 0.1) is 17.2 Å². The summed E-state index contributed by atoms with van der Waals surface area (Å²) in [5, 5.41) is 8.46. The minimum atomic E-state index is -2.86. The maximum atomic E-state index is 11.5. The summed E-state index contributed by atoms with van der Waals surface area (Å²) >= 11 is 0. The lowest BCUT2D eigenvalue weighted by molar-refractivity contribution is 0.421. The van der Waals surface area contributed by atoms with E-state index in [-0.39, 0.29) is 16.9 Å². The van der Waals surface area contributed by atoms with Crippen molar-refractivity contribution in [3.8, 4) is 6.07 Å². The summed E-state index contributed by atoms with van der Waals surface area (Å²) < 4.78 is 22.9. The Morgan fingerprint density at radius 2 is 1.85 bits per heavy atom. The van der Waals surface area contributed by atoms with Gasteiger partial charge in [-0.15, -0.1) is 0 Å². The molecule has 0 amide bonds. The number of rotatable bonds is 2. The molecule has 13 heavy (non-hydrogen) atoms. The molecule has 0 aromatic heterocycles. The third-order valence-electron chi connectivity index (χ3n) is 2.77. The van der Waals surface area contributed by atoms with Crippen LogP contribution in [0.25, 0.3) is 0 Å². The van der Waals surface area contributed by atoms with Crippen LogP contribution in [0.1, 0.15) is 32.6 Å². The predicted molar refractivity (Wildman–Crippen MR) is 50.8 cm³/mol. The lowest BCUT2D eigenvalue weighted by Gasteiger charge is -2.23. The number of sulfone groups is 1. The maximum absolute atomic E-state index is 11.5. The van der Waals surface area contributed by atoms with Gasteiger partial charge in [-0.1, -0.05) is 6.92 Å². The molecular weight excluding hydrogens is 186 g/mol. The van der Waals surface area contributed by atoms with Gasteiger partial charge < -0.3 is 0 Å². The number of hydrogen-bond donors (Lipinski definition) is 0. The van der Waals surface area contributed by atoms with Crippen molar-refractivity contribution in [3.63, 3.8) is 0 Å². The largest absolute Gasteiger partial charge is 0.229 e. The second-order valence-corrected chi connectivity index (χ2v) is 6.12. The summed E-state index contributed by atoms with van der Waals surface area (Å²) in [6.07, 6.45) is 2.85. The minimum absolute atomic E-state index is 0.0864. The maximum Gasteiger partial charge on any atom is 0.152 e. The summed E-state index contributed by atoms with van der Waals surface area (Å²) in [5.41, 5.74) is 0. The molecule has 1 rings (SSSR count). The Bertz CT molecular complexity index is 294. The zero-order chi connectivity index (χ0) is 9.90. The molecule has 1 aliphatic rings. The third-order valence-corrected chi connectivity index (χ3v) is 5.06. The molecule has 1 saturated carbocycles. The molecule has 4 heteroatoms. The van der Waals surface area contributed by atoms with Crippen molar-refractivity contribution in [1.82, 2.24) is 0 Å². The number of nitriles is 1. The van der Waals surface area contributed by atoms with Crippen molar-refractivity contribution in [2.45, 2.75) is 37.9 Å². The van der Waals surface area contributed by atoms with Crippen molar-refractivity contribution in [2.24, 2.45) is 5.92 Å². The standard InChI is InChI=1S/C9H15NO2S/c1-2-13(11,12)9-5-3-8(7-10)4-6-9/h8-9H,2-6H2,1H3/t8-,9-. The Kier molecular flexibility index (Phi) is 3.32. The first kappa shape index (κ1) is 10.5. The van der Waals surface area contributed by atoms with E-state index in [2.05, 4.69) is 6.07 Å². The molecule has 0 atom stereocenters. The van der Waals surface area contributed by atoms with E-state index in [9.17, 15) is 8.42 Å². The van der Waals surface area contributed by atoms with Gasteiger partial charge in [-0.25, -0.2) is 8.42 Å². The summed E-state index contributed by atoms with van der Waals surface area (Å²) in [6.45, 7) is 1.69. The van der Waals surface area contributed by atoms with Crippen LogP contribution in [0.4, 0.5) is 0 Å². The van der Waals surface area contributed by atoms with Crippen LogP contribution < -0.4 is 0 Å². The first-order valence-corrected chi connectivity index (χ1v) is 6.43. The van der Waals surface area contributed by atoms with E-state index in [0.717, 1.165) is 12.8 Å². The molecule has 74 valence electrons. The molecule has 0 saturated heterocycles. The first-order valence-electron chi connectivity index (χ1n) is 4.71. The van der Waals surface area contributed by atoms with E-state index in [1.807, 2.05) is 0 Å². The molecule has 3 nitrogen and oxygen atoms in total. The summed E-state index contributed by atoms with van der Waals surface area (Å²) in [6, 6.07) is 2.20. The third kappa shape index (κ3) is 2.44. The predicted octanol–water partition coefficient (Wildman–Crippen LogP) is 1.50. The van der Waals surface area contributed by atoms with Gasteiger partial charge in [0.15, 0.2) is 9.84 Å². The lowest BCUT2D eigenvalue weighted by Crippen LogP contribution is -2.27. The van der Waals surface area contributed by atoms with Crippen molar-refractivity contribution in [3.05, 3.63) is 0 Å². The average Bonchev–Trinajstić information content (AvgIpc) is 2.18. The zero-order valence-corrected chi connectivity index (χ0v) is 8.68. The van der Waals surface area contributed by atoms with Gasteiger partial charge in [-0.05, 0) is 25.7 Å². The van der Waals surface area contributed by atoms with Crippen LogP contribution in [0.5, 0.6) is 0 Å². The second kappa shape index (κ2) is 4.10. The molecule has 1 fully saturated rings. The molecule has 0 unspecified atom stereocenters. The molecule has 0 bridgehead atoms. The molecule has 1 aliphatic carbocycles. The summed E-state index contributed by atoms with van der Waals surface area (Å²) in [4.78, 5) is 0. The van der Waals surface area contributed by atoms with Crippen LogP contribution in [0.3, 0.4) is 0 Å². The smallest absolute Gasteiger partial charge is 0.152 e. The van der Waals surface area contributed by atoms with E-state index < -0.39 is 9.84 Å². The molecule has 0 aromatic rings. The van der Waals surface area contributed by atoms with Gasteiger partial charge in [0.25, 0.3) is 0 Å². The molecule has 0 aromatic carbocycles. The van der Waals surface area contributed by atoms with Crippen LogP contribution in [0.15, 0.2) is 0 Å². The molecule has 0 N–H and O–H groups in total. The highest BCUT2D eigenvalue weighted by Crippen LogP contribution is 2.28. The van der Waals surface area contributed by atoms with Crippen LogP contribution in [0.2, 0.25) is 0 Å². The van der Waals surface area contributed by atoms with Gasteiger partial charge in [-0.3, -0.25) is 0 Å². The van der Waals surface area contributed by atoms with E-state index in [1.54, 1.807) is 6.92 Å². The fraction of sp³-hybridized carbons (Fsp3) is 0.889. The normalized spacial score (nSPS) is 29.5. The number of nitrogens with zero attached hydrogens (tertiary/aromatic N) is 1. The van der Waals surface area contributed by atoms with E-state index in [0.29, 0.717) is 12.8 Å². The molecular formula is C9H15NO2S. The van der Waals surface area contributed by atoms with Gasteiger partial charge >= 0.3 is 0 Å². The Labute approximate surface area is 79.7 Å². The highest BCUT2D eigenvalue weighted by Gasteiger charge is 2.29. The quantitative estimate of drug-likeness (QED) is 0.680. The average molecular weight is 201 g/mol. The number of hydrogen-bond acceptors (Lipinski definition) is 3. The van der Waals surface area contributed by atoms with Gasteiger partial charge in [0.1, 0.15) is 0 Å². The van der Waals surface area contributed by atoms with E-state index in [4.69, 9.17) is 5.26 Å². The van der Waals surface area contributed by atoms with Gasteiger partial charge in [-0.2, -0.15) is 5.26 Å². The summed E-state index contributed by atoms with van der Waals surface area (Å²) in [7, 11) is -2.86. The van der Waals surface area contributed by atoms with Crippen LogP contribution >= 0.6 is 0 Å².